The van der Waals surface area contributed by atoms with E-state index in [1.165, 1.54) is 0 Å². The van der Waals surface area contributed by atoms with Crippen LogP contribution in [0.3, 0.4) is 0 Å². The smallest absolute Gasteiger partial charge is 0.0783 e. The van der Waals surface area contributed by atoms with Gasteiger partial charge in [0.2, 0.25) is 0 Å². The molecule has 0 saturated heterocycles. The third-order valence-corrected chi connectivity index (χ3v) is 3.00. The molecule has 0 aliphatic heterocycles. The van der Waals surface area contributed by atoms with E-state index < -0.39 is 6.10 Å². The van der Waals surface area contributed by atoms with Gasteiger partial charge in [-0.2, -0.15) is 0 Å². The van der Waals surface area contributed by atoms with Crippen LogP contribution in [0.25, 0.3) is 0 Å². The zero-order chi connectivity index (χ0) is 10.8. The maximum atomic E-state index is 9.72. The summed E-state index contributed by atoms with van der Waals surface area (Å²) >= 11 is 0. The maximum Gasteiger partial charge on any atom is 0.0783 e. The fraction of sp³-hybridized carbons (Fsp3) is 0.667. The summed E-state index contributed by atoms with van der Waals surface area (Å²) in [5, 5.41) is 18.9. The molecule has 0 aromatic rings. The molecule has 0 unspecified atom stereocenters. The van der Waals surface area contributed by atoms with Crippen molar-refractivity contribution in [2.45, 2.75) is 39.2 Å². The second kappa shape index (κ2) is 4.16. The van der Waals surface area contributed by atoms with Gasteiger partial charge in [0.25, 0.3) is 0 Å². The minimum absolute atomic E-state index is 0.0195. The first kappa shape index (κ1) is 11.3. The molecule has 0 radical (unpaired) electrons. The van der Waals surface area contributed by atoms with Gasteiger partial charge in [-0.1, -0.05) is 19.4 Å². The van der Waals surface area contributed by atoms with Crippen LogP contribution in [0.15, 0.2) is 11.1 Å². The first-order valence-electron chi connectivity index (χ1n) is 4.97. The van der Waals surface area contributed by atoms with Crippen molar-refractivity contribution >= 4 is 0 Å². The Labute approximate surface area is 85.6 Å². The van der Waals surface area contributed by atoms with E-state index in [0.717, 1.165) is 17.6 Å². The van der Waals surface area contributed by atoms with Crippen LogP contribution in [0.2, 0.25) is 0 Å². The average molecular weight is 194 g/mol. The second-order valence-corrected chi connectivity index (χ2v) is 4.47. The molecule has 0 fully saturated rings. The summed E-state index contributed by atoms with van der Waals surface area (Å²) in [5.74, 6) is 2.59. The molecule has 2 heteroatoms. The molecule has 0 bridgehead atoms. The lowest BCUT2D eigenvalue weighted by Crippen LogP contribution is -2.13. The molecular weight excluding hydrogens is 176 g/mol. The van der Waals surface area contributed by atoms with Crippen molar-refractivity contribution in [3.8, 4) is 12.3 Å². The van der Waals surface area contributed by atoms with Crippen LogP contribution < -0.4 is 0 Å². The third-order valence-electron chi connectivity index (χ3n) is 3.00. The van der Waals surface area contributed by atoms with E-state index in [2.05, 4.69) is 19.8 Å². The topological polar surface area (TPSA) is 40.5 Å². The van der Waals surface area contributed by atoms with Crippen molar-refractivity contribution in [2.75, 3.05) is 6.61 Å². The Bertz CT molecular complexity index is 281. The predicted octanol–water partition coefficient (Wildman–Crippen LogP) is 1.48. The van der Waals surface area contributed by atoms with Crippen LogP contribution in [-0.4, -0.2) is 22.9 Å². The van der Waals surface area contributed by atoms with Crippen molar-refractivity contribution in [1.82, 2.24) is 0 Å². The standard InChI is InChI=1S/C12H18O2/c1-4-5-6-10-9(8-13)11(14)7-12(10,2)3/h1,11,13-14H,5-8H2,2-3H3/t11-/m0/s1. The summed E-state index contributed by atoms with van der Waals surface area (Å²) in [5.41, 5.74) is 1.91. The summed E-state index contributed by atoms with van der Waals surface area (Å²) in [4.78, 5) is 0. The minimum atomic E-state index is -0.484. The average Bonchev–Trinajstić information content (AvgIpc) is 2.31. The summed E-state index contributed by atoms with van der Waals surface area (Å²) in [6.45, 7) is 4.12. The van der Waals surface area contributed by atoms with Gasteiger partial charge in [0.15, 0.2) is 0 Å². The molecule has 0 saturated carbocycles. The Hall–Kier alpha value is -0.780. The molecule has 0 spiro atoms. The molecule has 0 heterocycles. The highest BCUT2D eigenvalue weighted by molar-refractivity contribution is 5.31. The van der Waals surface area contributed by atoms with Crippen LogP contribution in [-0.2, 0) is 0 Å². The molecule has 78 valence electrons. The second-order valence-electron chi connectivity index (χ2n) is 4.47. The van der Waals surface area contributed by atoms with E-state index in [1.807, 2.05) is 0 Å². The predicted molar refractivity (Wildman–Crippen MR) is 56.6 cm³/mol. The fourth-order valence-electron chi connectivity index (χ4n) is 2.26. The molecule has 0 aromatic heterocycles. The molecule has 0 amide bonds. The van der Waals surface area contributed by atoms with Gasteiger partial charge in [0.05, 0.1) is 12.7 Å². The molecule has 0 aromatic carbocycles. The molecule has 2 N–H and O–H groups in total. The maximum absolute atomic E-state index is 9.72. The van der Waals surface area contributed by atoms with E-state index in [1.54, 1.807) is 0 Å². The van der Waals surface area contributed by atoms with E-state index >= 15 is 0 Å². The Morgan fingerprint density at radius 2 is 2.21 bits per heavy atom. The highest BCUT2D eigenvalue weighted by atomic mass is 16.3. The van der Waals surface area contributed by atoms with E-state index in [9.17, 15) is 5.11 Å². The first-order valence-corrected chi connectivity index (χ1v) is 4.97. The van der Waals surface area contributed by atoms with Crippen molar-refractivity contribution in [2.24, 2.45) is 5.41 Å². The number of rotatable bonds is 3. The number of allylic oxidation sites excluding steroid dienone is 1. The highest BCUT2D eigenvalue weighted by Gasteiger charge is 2.37. The number of terminal acetylenes is 1. The van der Waals surface area contributed by atoms with Crippen LogP contribution in [0.5, 0.6) is 0 Å². The van der Waals surface area contributed by atoms with Gasteiger partial charge in [0.1, 0.15) is 0 Å². The quantitative estimate of drug-likeness (QED) is 0.527. The third kappa shape index (κ3) is 2.00. The normalized spacial score (nSPS) is 25.2. The van der Waals surface area contributed by atoms with Crippen LogP contribution >= 0.6 is 0 Å². The molecule has 1 aliphatic carbocycles. The Morgan fingerprint density at radius 1 is 1.57 bits per heavy atom. The van der Waals surface area contributed by atoms with Gasteiger partial charge in [-0.3, -0.25) is 0 Å². The highest BCUT2D eigenvalue weighted by Crippen LogP contribution is 2.44. The molecule has 2 nitrogen and oxygen atoms in total. The number of aliphatic hydroxyl groups excluding tert-OH is 2. The van der Waals surface area contributed by atoms with Gasteiger partial charge >= 0.3 is 0 Å². The monoisotopic (exact) mass is 194 g/mol. The molecule has 1 aliphatic rings. The lowest BCUT2D eigenvalue weighted by atomic mass is 9.83. The Morgan fingerprint density at radius 3 is 2.71 bits per heavy atom. The van der Waals surface area contributed by atoms with Crippen molar-refractivity contribution in [3.63, 3.8) is 0 Å². The van der Waals surface area contributed by atoms with Gasteiger partial charge < -0.3 is 10.2 Å². The molecule has 1 rings (SSSR count). The fourth-order valence-corrected chi connectivity index (χ4v) is 2.26. The summed E-state index contributed by atoms with van der Waals surface area (Å²) in [6, 6.07) is 0. The van der Waals surface area contributed by atoms with E-state index in [-0.39, 0.29) is 12.0 Å². The summed E-state index contributed by atoms with van der Waals surface area (Å²) in [7, 11) is 0. The number of aliphatic hydroxyl groups is 2. The zero-order valence-corrected chi connectivity index (χ0v) is 8.88. The Kier molecular flexibility index (Phi) is 3.36. The van der Waals surface area contributed by atoms with Crippen LogP contribution in [0.1, 0.15) is 33.1 Å². The van der Waals surface area contributed by atoms with E-state index in [4.69, 9.17) is 11.5 Å². The molecule has 14 heavy (non-hydrogen) atoms. The summed E-state index contributed by atoms with van der Waals surface area (Å²) < 4.78 is 0. The minimum Gasteiger partial charge on any atom is -0.392 e. The van der Waals surface area contributed by atoms with Gasteiger partial charge in [-0.25, -0.2) is 0 Å². The number of hydrogen-bond donors (Lipinski definition) is 2. The Balaban J connectivity index is 2.91. The van der Waals surface area contributed by atoms with Crippen molar-refractivity contribution in [3.05, 3.63) is 11.1 Å². The van der Waals surface area contributed by atoms with Crippen LogP contribution in [0, 0.1) is 17.8 Å². The summed E-state index contributed by atoms with van der Waals surface area (Å²) in [6.07, 6.45) is 6.90. The van der Waals surface area contributed by atoms with Gasteiger partial charge in [0, 0.05) is 6.42 Å². The first-order chi connectivity index (χ1) is 6.53. The lowest BCUT2D eigenvalue weighted by molar-refractivity contribution is 0.168. The van der Waals surface area contributed by atoms with Crippen molar-refractivity contribution < 1.29 is 10.2 Å². The largest absolute Gasteiger partial charge is 0.392 e. The SMILES string of the molecule is C#CCCC1=C(CO)[C@@H](O)CC1(C)C. The zero-order valence-electron chi connectivity index (χ0n) is 8.88. The van der Waals surface area contributed by atoms with Gasteiger partial charge in [-0.15, -0.1) is 12.3 Å². The molecule has 1 atom stereocenters. The number of hydrogen-bond acceptors (Lipinski definition) is 2. The van der Waals surface area contributed by atoms with E-state index in [0.29, 0.717) is 12.8 Å². The van der Waals surface area contributed by atoms with Crippen LogP contribution in [0.4, 0.5) is 0 Å². The molecular formula is C12H18O2. The lowest BCUT2D eigenvalue weighted by Gasteiger charge is -2.22. The van der Waals surface area contributed by atoms with Crippen molar-refractivity contribution in [1.29, 1.82) is 0 Å². The van der Waals surface area contributed by atoms with Gasteiger partial charge in [-0.05, 0) is 23.8 Å².